The van der Waals surface area contributed by atoms with Crippen molar-refractivity contribution in [2.75, 3.05) is 19.6 Å². The first-order valence-electron chi connectivity index (χ1n) is 7.31. The van der Waals surface area contributed by atoms with Crippen LogP contribution in [-0.2, 0) is 4.79 Å². The zero-order valence-corrected chi connectivity index (χ0v) is 11.1. The van der Waals surface area contributed by atoms with Gasteiger partial charge in [0.1, 0.15) is 0 Å². The molecule has 0 radical (unpaired) electrons. The van der Waals surface area contributed by atoms with Crippen molar-refractivity contribution in [3.8, 4) is 0 Å². The molecule has 1 saturated heterocycles. The highest BCUT2D eigenvalue weighted by Crippen LogP contribution is 2.25. The molecule has 0 unspecified atom stereocenters. The monoisotopic (exact) mass is 238 g/mol. The van der Waals surface area contributed by atoms with Gasteiger partial charge in [-0.3, -0.25) is 4.79 Å². The van der Waals surface area contributed by atoms with E-state index in [9.17, 15) is 4.79 Å². The Morgan fingerprint density at radius 1 is 1.18 bits per heavy atom. The number of nitrogens with zero attached hydrogens (tertiary/aromatic N) is 1. The summed E-state index contributed by atoms with van der Waals surface area (Å²) in [5.74, 6) is 1.03. The Kier molecular flexibility index (Phi) is 4.84. The minimum atomic E-state index is 0.409. The molecule has 17 heavy (non-hydrogen) atoms. The summed E-state index contributed by atoms with van der Waals surface area (Å²) >= 11 is 0. The minimum absolute atomic E-state index is 0.409. The van der Waals surface area contributed by atoms with Gasteiger partial charge in [-0.1, -0.05) is 12.8 Å². The maximum atomic E-state index is 12.3. The fraction of sp³-hybridized carbons (Fsp3) is 0.929. The van der Waals surface area contributed by atoms with Gasteiger partial charge in [0.25, 0.3) is 0 Å². The minimum Gasteiger partial charge on any atom is -0.340 e. The third kappa shape index (κ3) is 3.44. The summed E-state index contributed by atoms with van der Waals surface area (Å²) in [7, 11) is 0. The van der Waals surface area contributed by atoms with Crippen molar-refractivity contribution in [2.45, 2.75) is 57.9 Å². The average Bonchev–Trinajstić information content (AvgIpc) is 2.85. The lowest BCUT2D eigenvalue weighted by atomic mass is 9.94. The average molecular weight is 238 g/mol. The lowest BCUT2D eigenvalue weighted by molar-refractivity contribution is -0.134. The molecule has 1 amide bonds. The molecule has 0 bridgehead atoms. The number of carbonyl (C=O) groups excluding carboxylic acids is 1. The molecular weight excluding hydrogens is 212 g/mol. The van der Waals surface area contributed by atoms with E-state index < -0.39 is 0 Å². The van der Waals surface area contributed by atoms with Crippen LogP contribution in [0.25, 0.3) is 0 Å². The second-order valence-electron chi connectivity index (χ2n) is 5.52. The molecule has 1 N–H and O–H groups in total. The summed E-state index contributed by atoms with van der Waals surface area (Å²) in [6, 6.07) is 0.550. The molecule has 3 nitrogen and oxygen atoms in total. The first-order valence-corrected chi connectivity index (χ1v) is 7.31. The molecule has 0 atom stereocenters. The van der Waals surface area contributed by atoms with Crippen LogP contribution in [0.4, 0.5) is 0 Å². The van der Waals surface area contributed by atoms with Crippen LogP contribution in [0.3, 0.4) is 0 Å². The Hall–Kier alpha value is -0.570. The molecule has 0 spiro atoms. The number of nitrogens with one attached hydrogen (secondary N) is 1. The standard InChI is InChI=1S/C14H26N2O/c1-2-16(13-5-3-4-6-13)14(17)11-12-7-9-15-10-8-12/h12-13,15H,2-11H2,1H3. The van der Waals surface area contributed by atoms with Crippen molar-refractivity contribution in [3.05, 3.63) is 0 Å². The highest BCUT2D eigenvalue weighted by atomic mass is 16.2. The summed E-state index contributed by atoms with van der Waals surface area (Å²) in [5.41, 5.74) is 0. The maximum Gasteiger partial charge on any atom is 0.223 e. The van der Waals surface area contributed by atoms with E-state index in [4.69, 9.17) is 0 Å². The quantitative estimate of drug-likeness (QED) is 0.814. The highest BCUT2D eigenvalue weighted by Gasteiger charge is 2.27. The Morgan fingerprint density at radius 3 is 2.41 bits per heavy atom. The van der Waals surface area contributed by atoms with Crippen molar-refractivity contribution >= 4 is 5.91 Å². The van der Waals surface area contributed by atoms with Crippen LogP contribution in [0.5, 0.6) is 0 Å². The van der Waals surface area contributed by atoms with Crippen LogP contribution < -0.4 is 5.32 Å². The van der Waals surface area contributed by atoms with Gasteiger partial charge >= 0.3 is 0 Å². The van der Waals surface area contributed by atoms with Gasteiger partial charge in [-0.25, -0.2) is 0 Å². The molecule has 2 aliphatic rings. The van der Waals surface area contributed by atoms with Crippen LogP contribution in [0, 0.1) is 5.92 Å². The van der Waals surface area contributed by atoms with Gasteiger partial charge in [-0.05, 0) is 51.6 Å². The number of piperidine rings is 1. The van der Waals surface area contributed by atoms with E-state index in [1.54, 1.807) is 0 Å². The molecule has 1 aliphatic heterocycles. The molecule has 1 saturated carbocycles. The van der Waals surface area contributed by atoms with E-state index >= 15 is 0 Å². The van der Waals surface area contributed by atoms with Crippen molar-refractivity contribution in [2.24, 2.45) is 5.92 Å². The van der Waals surface area contributed by atoms with Gasteiger partial charge in [-0.15, -0.1) is 0 Å². The van der Waals surface area contributed by atoms with Crippen molar-refractivity contribution in [1.29, 1.82) is 0 Å². The molecule has 0 aromatic heterocycles. The van der Waals surface area contributed by atoms with Gasteiger partial charge in [0, 0.05) is 19.0 Å². The van der Waals surface area contributed by atoms with Gasteiger partial charge in [0.05, 0.1) is 0 Å². The fourth-order valence-electron chi connectivity index (χ4n) is 3.30. The SMILES string of the molecule is CCN(C(=O)CC1CCNCC1)C1CCCC1. The molecule has 1 heterocycles. The molecule has 2 rings (SSSR count). The Balaban J connectivity index is 1.83. The number of hydrogen-bond donors (Lipinski definition) is 1. The first kappa shape index (κ1) is 12.9. The van der Waals surface area contributed by atoms with Gasteiger partial charge in [0.2, 0.25) is 5.91 Å². The zero-order valence-electron chi connectivity index (χ0n) is 11.1. The van der Waals surface area contributed by atoms with E-state index in [2.05, 4.69) is 17.1 Å². The number of carbonyl (C=O) groups is 1. The van der Waals surface area contributed by atoms with Crippen molar-refractivity contribution < 1.29 is 4.79 Å². The highest BCUT2D eigenvalue weighted by molar-refractivity contribution is 5.76. The predicted octanol–water partition coefficient (Wildman–Crippen LogP) is 2.17. The Bertz CT molecular complexity index is 243. The normalized spacial score (nSPS) is 22.9. The van der Waals surface area contributed by atoms with Gasteiger partial charge in [0.15, 0.2) is 0 Å². The number of rotatable bonds is 4. The maximum absolute atomic E-state index is 12.3. The van der Waals surface area contributed by atoms with E-state index in [1.165, 1.54) is 38.5 Å². The van der Waals surface area contributed by atoms with Crippen LogP contribution in [-0.4, -0.2) is 36.5 Å². The van der Waals surface area contributed by atoms with Crippen molar-refractivity contribution in [3.63, 3.8) is 0 Å². The summed E-state index contributed by atoms with van der Waals surface area (Å²) < 4.78 is 0. The summed E-state index contributed by atoms with van der Waals surface area (Å²) in [4.78, 5) is 14.5. The Labute approximate surface area is 105 Å². The van der Waals surface area contributed by atoms with Crippen LogP contribution in [0.15, 0.2) is 0 Å². The lowest BCUT2D eigenvalue weighted by Crippen LogP contribution is -2.40. The lowest BCUT2D eigenvalue weighted by Gasteiger charge is -2.30. The molecule has 0 aromatic rings. The number of hydrogen-bond acceptors (Lipinski definition) is 2. The molecule has 2 fully saturated rings. The fourth-order valence-corrected chi connectivity index (χ4v) is 3.30. The summed E-state index contributed by atoms with van der Waals surface area (Å²) in [6.07, 6.45) is 8.20. The van der Waals surface area contributed by atoms with Crippen LogP contribution in [0.1, 0.15) is 51.9 Å². The van der Waals surface area contributed by atoms with Crippen LogP contribution in [0.2, 0.25) is 0 Å². The van der Waals surface area contributed by atoms with Gasteiger partial charge < -0.3 is 10.2 Å². The molecule has 98 valence electrons. The third-order valence-electron chi connectivity index (χ3n) is 4.35. The van der Waals surface area contributed by atoms with E-state index in [0.717, 1.165) is 26.1 Å². The van der Waals surface area contributed by atoms with Gasteiger partial charge in [-0.2, -0.15) is 0 Å². The molecule has 0 aromatic carbocycles. The second kappa shape index (κ2) is 6.39. The first-order chi connectivity index (χ1) is 8.31. The number of amides is 1. The second-order valence-corrected chi connectivity index (χ2v) is 5.52. The van der Waals surface area contributed by atoms with E-state index in [0.29, 0.717) is 17.9 Å². The zero-order chi connectivity index (χ0) is 12.1. The molecule has 1 aliphatic carbocycles. The summed E-state index contributed by atoms with van der Waals surface area (Å²) in [5, 5.41) is 3.36. The molecular formula is C14H26N2O. The third-order valence-corrected chi connectivity index (χ3v) is 4.35. The Morgan fingerprint density at radius 2 is 1.82 bits per heavy atom. The smallest absolute Gasteiger partial charge is 0.223 e. The topological polar surface area (TPSA) is 32.3 Å². The largest absolute Gasteiger partial charge is 0.340 e. The summed E-state index contributed by atoms with van der Waals surface area (Å²) in [6.45, 7) is 5.20. The van der Waals surface area contributed by atoms with Crippen molar-refractivity contribution in [1.82, 2.24) is 10.2 Å². The van der Waals surface area contributed by atoms with E-state index in [-0.39, 0.29) is 0 Å². The molecule has 3 heteroatoms. The van der Waals surface area contributed by atoms with E-state index in [1.807, 2.05) is 0 Å². The van der Waals surface area contributed by atoms with Crippen LogP contribution >= 0.6 is 0 Å². The predicted molar refractivity (Wildman–Crippen MR) is 69.9 cm³/mol.